The lowest BCUT2D eigenvalue weighted by atomic mass is 10.1. The molecule has 0 unspecified atom stereocenters. The van der Waals surface area contributed by atoms with Gasteiger partial charge in [0.15, 0.2) is 5.52 Å². The third-order valence-electron chi connectivity index (χ3n) is 5.03. The molecule has 0 bridgehead atoms. The standard InChI is InChI=1S/C22H18ClF3N4O/c1-3-14-6-4-5-7-17(14)30-20(15-8-10-16(23)11-9-15)18-19(28-30)21(31)29(13(2)27-18)12-22(24,25)26/h4-11H,3,12H2,1-2H3. The van der Waals surface area contributed by atoms with Crippen LogP contribution in [0.3, 0.4) is 0 Å². The normalized spacial score (nSPS) is 11.9. The summed E-state index contributed by atoms with van der Waals surface area (Å²) in [5.74, 6) is -0.0339. The zero-order valence-electron chi connectivity index (χ0n) is 16.7. The second-order valence-electron chi connectivity index (χ2n) is 7.11. The average Bonchev–Trinajstić information content (AvgIpc) is 3.10. The van der Waals surface area contributed by atoms with Crippen LogP contribution in [0.2, 0.25) is 5.02 Å². The van der Waals surface area contributed by atoms with E-state index in [2.05, 4.69) is 10.1 Å². The highest BCUT2D eigenvalue weighted by atomic mass is 35.5. The summed E-state index contributed by atoms with van der Waals surface area (Å²) >= 11 is 6.03. The molecule has 9 heteroatoms. The van der Waals surface area contributed by atoms with E-state index >= 15 is 0 Å². The van der Waals surface area contributed by atoms with Crippen molar-refractivity contribution in [3.8, 4) is 16.9 Å². The molecule has 0 N–H and O–H groups in total. The highest BCUT2D eigenvalue weighted by Gasteiger charge is 2.31. The van der Waals surface area contributed by atoms with Gasteiger partial charge in [0.25, 0.3) is 5.56 Å². The van der Waals surface area contributed by atoms with Crippen molar-refractivity contribution in [2.75, 3.05) is 0 Å². The first-order chi connectivity index (χ1) is 14.7. The number of nitrogens with zero attached hydrogens (tertiary/aromatic N) is 4. The van der Waals surface area contributed by atoms with Gasteiger partial charge in [-0.25, -0.2) is 9.67 Å². The molecule has 0 spiro atoms. The minimum Gasteiger partial charge on any atom is -0.286 e. The summed E-state index contributed by atoms with van der Waals surface area (Å²) in [6, 6.07) is 14.5. The fraction of sp³-hybridized carbons (Fsp3) is 0.227. The van der Waals surface area contributed by atoms with E-state index in [4.69, 9.17) is 11.6 Å². The van der Waals surface area contributed by atoms with Crippen molar-refractivity contribution in [2.45, 2.75) is 33.0 Å². The van der Waals surface area contributed by atoms with Gasteiger partial charge < -0.3 is 0 Å². The minimum atomic E-state index is -4.56. The Morgan fingerprint density at radius 1 is 1.03 bits per heavy atom. The average molecular weight is 447 g/mol. The largest absolute Gasteiger partial charge is 0.406 e. The van der Waals surface area contributed by atoms with Crippen LogP contribution >= 0.6 is 11.6 Å². The maximum Gasteiger partial charge on any atom is 0.406 e. The zero-order chi connectivity index (χ0) is 22.3. The second kappa shape index (κ2) is 7.85. The van der Waals surface area contributed by atoms with Crippen molar-refractivity contribution in [1.29, 1.82) is 0 Å². The number of aromatic nitrogens is 4. The highest BCUT2D eigenvalue weighted by molar-refractivity contribution is 6.30. The van der Waals surface area contributed by atoms with Crippen molar-refractivity contribution in [3.05, 3.63) is 75.3 Å². The highest BCUT2D eigenvalue weighted by Crippen LogP contribution is 2.31. The Kier molecular flexibility index (Phi) is 5.35. The Bertz CT molecular complexity index is 1320. The van der Waals surface area contributed by atoms with E-state index in [1.165, 1.54) is 6.92 Å². The van der Waals surface area contributed by atoms with Crippen LogP contribution in [0, 0.1) is 6.92 Å². The molecule has 160 valence electrons. The third-order valence-corrected chi connectivity index (χ3v) is 5.28. The van der Waals surface area contributed by atoms with Crippen LogP contribution in [0.25, 0.3) is 28.0 Å². The molecule has 2 aromatic heterocycles. The molecule has 4 rings (SSSR count). The molecule has 2 heterocycles. The summed E-state index contributed by atoms with van der Waals surface area (Å²) in [7, 11) is 0. The molecule has 0 saturated carbocycles. The fourth-order valence-electron chi connectivity index (χ4n) is 3.58. The topological polar surface area (TPSA) is 52.7 Å². The van der Waals surface area contributed by atoms with Crippen LogP contribution in [-0.2, 0) is 13.0 Å². The van der Waals surface area contributed by atoms with Crippen molar-refractivity contribution in [1.82, 2.24) is 19.3 Å². The van der Waals surface area contributed by atoms with E-state index in [0.717, 1.165) is 11.3 Å². The first-order valence-corrected chi connectivity index (χ1v) is 9.98. The van der Waals surface area contributed by atoms with Crippen molar-refractivity contribution >= 4 is 22.6 Å². The number of aryl methyl sites for hydroxylation is 2. The monoisotopic (exact) mass is 446 g/mol. The van der Waals surface area contributed by atoms with Gasteiger partial charge in [-0.05, 0) is 37.1 Å². The van der Waals surface area contributed by atoms with E-state index in [1.54, 1.807) is 28.9 Å². The van der Waals surface area contributed by atoms with Gasteiger partial charge in [0.05, 0.1) is 5.69 Å². The van der Waals surface area contributed by atoms with Gasteiger partial charge in [0.2, 0.25) is 0 Å². The predicted molar refractivity (Wildman–Crippen MR) is 114 cm³/mol. The SMILES string of the molecule is CCc1ccccc1-n1nc2c(=O)n(CC(F)(F)F)c(C)nc2c1-c1ccc(Cl)cc1. The van der Waals surface area contributed by atoms with Crippen LogP contribution < -0.4 is 5.56 Å². The van der Waals surface area contributed by atoms with E-state index in [-0.39, 0.29) is 16.9 Å². The molecular weight excluding hydrogens is 429 g/mol. The molecule has 2 aromatic carbocycles. The Morgan fingerprint density at radius 3 is 2.35 bits per heavy atom. The van der Waals surface area contributed by atoms with Gasteiger partial charge >= 0.3 is 6.18 Å². The number of fused-ring (bicyclic) bond motifs is 1. The van der Waals surface area contributed by atoms with Crippen molar-refractivity contribution in [3.63, 3.8) is 0 Å². The maximum atomic E-state index is 13.0. The smallest absolute Gasteiger partial charge is 0.286 e. The molecule has 0 aliphatic rings. The van der Waals surface area contributed by atoms with Gasteiger partial charge in [-0.15, -0.1) is 0 Å². The zero-order valence-corrected chi connectivity index (χ0v) is 17.5. The molecule has 0 fully saturated rings. The number of benzene rings is 2. The van der Waals surface area contributed by atoms with E-state index < -0.39 is 18.3 Å². The Hall–Kier alpha value is -3.13. The maximum absolute atomic E-state index is 13.0. The fourth-order valence-corrected chi connectivity index (χ4v) is 3.71. The quantitative estimate of drug-likeness (QED) is 0.425. The van der Waals surface area contributed by atoms with Crippen molar-refractivity contribution in [2.24, 2.45) is 0 Å². The molecule has 4 aromatic rings. The Balaban J connectivity index is 2.09. The molecule has 31 heavy (non-hydrogen) atoms. The number of halogens is 4. The van der Waals surface area contributed by atoms with Crippen LogP contribution in [0.15, 0.2) is 53.3 Å². The summed E-state index contributed by atoms with van der Waals surface area (Å²) in [5.41, 5.74) is 2.21. The molecule has 0 saturated heterocycles. The summed E-state index contributed by atoms with van der Waals surface area (Å²) in [5, 5.41) is 4.97. The van der Waals surface area contributed by atoms with Crippen LogP contribution in [0.4, 0.5) is 13.2 Å². The first kappa shape index (κ1) is 21.1. The lowest BCUT2D eigenvalue weighted by Gasteiger charge is -2.12. The summed E-state index contributed by atoms with van der Waals surface area (Å²) in [4.78, 5) is 17.4. The lowest BCUT2D eigenvalue weighted by Crippen LogP contribution is -2.30. The molecule has 0 aliphatic carbocycles. The number of para-hydroxylation sites is 1. The van der Waals surface area contributed by atoms with Gasteiger partial charge in [-0.3, -0.25) is 9.36 Å². The Labute approximate surface area is 180 Å². The minimum absolute atomic E-state index is 0.0339. The molecule has 0 atom stereocenters. The van der Waals surface area contributed by atoms with Crippen molar-refractivity contribution < 1.29 is 13.2 Å². The number of alkyl halides is 3. The summed E-state index contributed by atoms with van der Waals surface area (Å²) in [6.07, 6.45) is -3.85. The first-order valence-electron chi connectivity index (χ1n) is 9.60. The number of hydrogen-bond donors (Lipinski definition) is 0. The second-order valence-corrected chi connectivity index (χ2v) is 7.55. The lowest BCUT2D eigenvalue weighted by molar-refractivity contribution is -0.141. The molecule has 0 aliphatic heterocycles. The van der Waals surface area contributed by atoms with Crippen LogP contribution in [0.1, 0.15) is 18.3 Å². The van der Waals surface area contributed by atoms with Gasteiger partial charge in [-0.1, -0.05) is 48.9 Å². The Morgan fingerprint density at radius 2 is 1.71 bits per heavy atom. The molecule has 5 nitrogen and oxygen atoms in total. The van der Waals surface area contributed by atoms with Gasteiger partial charge in [0, 0.05) is 10.6 Å². The van der Waals surface area contributed by atoms with Crippen LogP contribution in [-0.4, -0.2) is 25.5 Å². The number of rotatable bonds is 4. The van der Waals surface area contributed by atoms with Gasteiger partial charge in [0.1, 0.15) is 23.6 Å². The third kappa shape index (κ3) is 3.95. The van der Waals surface area contributed by atoms with E-state index in [1.807, 2.05) is 31.2 Å². The summed E-state index contributed by atoms with van der Waals surface area (Å²) < 4.78 is 41.3. The van der Waals surface area contributed by atoms with E-state index in [9.17, 15) is 18.0 Å². The summed E-state index contributed by atoms with van der Waals surface area (Å²) in [6.45, 7) is 1.95. The number of hydrogen-bond acceptors (Lipinski definition) is 3. The van der Waals surface area contributed by atoms with E-state index in [0.29, 0.717) is 27.3 Å². The van der Waals surface area contributed by atoms with Crippen LogP contribution in [0.5, 0.6) is 0 Å². The molecule has 0 radical (unpaired) electrons. The predicted octanol–water partition coefficient (Wildman–Crippen LogP) is 5.34. The molecular formula is C22H18ClF3N4O. The van der Waals surface area contributed by atoms with Gasteiger partial charge in [-0.2, -0.15) is 18.3 Å². The molecule has 0 amide bonds.